The van der Waals surface area contributed by atoms with Crippen molar-refractivity contribution in [2.24, 2.45) is 0 Å². The van der Waals surface area contributed by atoms with Crippen LogP contribution in [0.3, 0.4) is 0 Å². The van der Waals surface area contributed by atoms with Gasteiger partial charge in [-0.25, -0.2) is 4.98 Å². The third-order valence-electron chi connectivity index (χ3n) is 3.64. The second-order valence-corrected chi connectivity index (χ2v) is 4.87. The van der Waals surface area contributed by atoms with Crippen LogP contribution in [0.15, 0.2) is 12.3 Å². The summed E-state index contributed by atoms with van der Waals surface area (Å²) < 4.78 is 0. The van der Waals surface area contributed by atoms with E-state index < -0.39 is 0 Å². The lowest BCUT2D eigenvalue weighted by molar-refractivity contribution is 0.257. The number of anilines is 1. The maximum atomic E-state index is 4.46. The van der Waals surface area contributed by atoms with E-state index in [4.69, 9.17) is 0 Å². The zero-order valence-electron chi connectivity index (χ0n) is 11.2. The van der Waals surface area contributed by atoms with Crippen LogP contribution in [-0.2, 0) is 0 Å². The van der Waals surface area contributed by atoms with E-state index in [1.54, 1.807) is 0 Å². The molecule has 0 bridgehead atoms. The molecule has 94 valence electrons. The minimum atomic E-state index is 0.591. The number of nitrogens with one attached hydrogen (secondary N) is 1. The molecule has 1 aromatic heterocycles. The first kappa shape index (κ1) is 12.4. The van der Waals surface area contributed by atoms with Crippen molar-refractivity contribution in [3.63, 3.8) is 0 Å². The Morgan fingerprint density at radius 2 is 2.35 bits per heavy atom. The van der Waals surface area contributed by atoms with Gasteiger partial charge in [0.2, 0.25) is 0 Å². The highest BCUT2D eigenvalue weighted by Crippen LogP contribution is 2.33. The first-order valence-corrected chi connectivity index (χ1v) is 6.64. The third kappa shape index (κ3) is 2.60. The molecule has 2 heterocycles. The van der Waals surface area contributed by atoms with E-state index in [1.807, 2.05) is 7.05 Å². The molecule has 0 aromatic carbocycles. The summed E-state index contributed by atoms with van der Waals surface area (Å²) in [6, 6.07) is 2.74. The molecule has 1 fully saturated rings. The van der Waals surface area contributed by atoms with Crippen molar-refractivity contribution in [2.45, 2.75) is 39.2 Å². The number of hydrogen-bond acceptors (Lipinski definition) is 3. The molecule has 1 N–H and O–H groups in total. The smallest absolute Gasteiger partial charge is 0.125 e. The van der Waals surface area contributed by atoms with E-state index in [2.05, 4.69) is 41.3 Å². The van der Waals surface area contributed by atoms with Crippen molar-refractivity contribution < 1.29 is 0 Å². The van der Waals surface area contributed by atoms with Crippen LogP contribution in [0.25, 0.3) is 0 Å². The van der Waals surface area contributed by atoms with Crippen molar-refractivity contribution in [3.8, 4) is 0 Å². The summed E-state index contributed by atoms with van der Waals surface area (Å²) in [6.07, 6.45) is 5.89. The van der Waals surface area contributed by atoms with Gasteiger partial charge in [0.25, 0.3) is 0 Å². The van der Waals surface area contributed by atoms with E-state index in [1.165, 1.54) is 43.5 Å². The number of rotatable bonds is 4. The monoisotopic (exact) mass is 233 g/mol. The van der Waals surface area contributed by atoms with Gasteiger partial charge in [0.1, 0.15) is 5.82 Å². The van der Waals surface area contributed by atoms with Crippen molar-refractivity contribution in [3.05, 3.63) is 23.4 Å². The Kier molecular flexibility index (Phi) is 4.00. The summed E-state index contributed by atoms with van der Waals surface area (Å²) >= 11 is 0. The van der Waals surface area contributed by atoms with E-state index in [-0.39, 0.29) is 0 Å². The van der Waals surface area contributed by atoms with Gasteiger partial charge in [-0.2, -0.15) is 0 Å². The molecule has 0 amide bonds. The van der Waals surface area contributed by atoms with Gasteiger partial charge in [0.05, 0.1) is 0 Å². The van der Waals surface area contributed by atoms with Crippen LogP contribution in [0.5, 0.6) is 0 Å². The number of likely N-dealkylation sites (tertiary alicyclic amines) is 1. The lowest BCUT2D eigenvalue weighted by Gasteiger charge is -2.25. The molecule has 3 nitrogen and oxygen atoms in total. The molecule has 0 spiro atoms. The Morgan fingerprint density at radius 3 is 3.00 bits per heavy atom. The minimum Gasteiger partial charge on any atom is -0.373 e. The van der Waals surface area contributed by atoms with Crippen LogP contribution < -0.4 is 5.32 Å². The van der Waals surface area contributed by atoms with Gasteiger partial charge < -0.3 is 5.32 Å². The van der Waals surface area contributed by atoms with Gasteiger partial charge in [-0.3, -0.25) is 4.90 Å². The Bertz CT molecular complexity index is 376. The normalized spacial score (nSPS) is 20.8. The molecule has 0 radical (unpaired) electrons. The molecule has 1 aliphatic rings. The Balaban J connectivity index is 2.21. The Labute approximate surface area is 104 Å². The molecular formula is C14H23N3. The van der Waals surface area contributed by atoms with Crippen LogP contribution in [-0.4, -0.2) is 30.0 Å². The second-order valence-electron chi connectivity index (χ2n) is 4.87. The fourth-order valence-corrected chi connectivity index (χ4v) is 2.79. The van der Waals surface area contributed by atoms with Crippen LogP contribution >= 0.6 is 0 Å². The predicted octanol–water partition coefficient (Wildman–Crippen LogP) is 2.98. The summed E-state index contributed by atoms with van der Waals surface area (Å²) in [5, 5.41) is 3.10. The van der Waals surface area contributed by atoms with Gasteiger partial charge in [0.15, 0.2) is 0 Å². The molecule has 0 unspecified atom stereocenters. The summed E-state index contributed by atoms with van der Waals surface area (Å²) in [5.74, 6) is 0.964. The van der Waals surface area contributed by atoms with E-state index >= 15 is 0 Å². The molecule has 0 aliphatic carbocycles. The lowest BCUT2D eigenvalue weighted by atomic mass is 10.0. The largest absolute Gasteiger partial charge is 0.373 e. The third-order valence-corrected chi connectivity index (χ3v) is 3.64. The van der Waals surface area contributed by atoms with Crippen molar-refractivity contribution in [1.82, 2.24) is 9.88 Å². The van der Waals surface area contributed by atoms with Gasteiger partial charge >= 0.3 is 0 Å². The molecule has 17 heavy (non-hydrogen) atoms. The lowest BCUT2D eigenvalue weighted by Crippen LogP contribution is -2.24. The van der Waals surface area contributed by atoms with Crippen LogP contribution in [0.2, 0.25) is 0 Å². The zero-order valence-corrected chi connectivity index (χ0v) is 11.2. The topological polar surface area (TPSA) is 28.2 Å². The molecule has 1 aromatic rings. The van der Waals surface area contributed by atoms with E-state index in [0.29, 0.717) is 6.04 Å². The van der Waals surface area contributed by atoms with Crippen molar-refractivity contribution in [1.29, 1.82) is 0 Å². The van der Waals surface area contributed by atoms with Crippen LogP contribution in [0, 0.1) is 6.92 Å². The summed E-state index contributed by atoms with van der Waals surface area (Å²) in [4.78, 5) is 7.06. The Morgan fingerprint density at radius 1 is 1.53 bits per heavy atom. The number of aryl methyl sites for hydroxylation is 1. The number of hydrogen-bond donors (Lipinski definition) is 1. The maximum Gasteiger partial charge on any atom is 0.125 e. The molecule has 0 saturated carbocycles. The molecule has 3 heteroatoms. The van der Waals surface area contributed by atoms with Gasteiger partial charge in [-0.1, -0.05) is 6.92 Å². The summed E-state index contributed by atoms with van der Waals surface area (Å²) in [7, 11) is 1.92. The highest BCUT2D eigenvalue weighted by molar-refractivity contribution is 5.41. The summed E-state index contributed by atoms with van der Waals surface area (Å²) in [5.41, 5.74) is 2.77. The molecule has 2 rings (SSSR count). The van der Waals surface area contributed by atoms with E-state index in [0.717, 1.165) is 5.82 Å². The van der Waals surface area contributed by atoms with Gasteiger partial charge in [-0.05, 0) is 56.5 Å². The number of pyridine rings is 1. The SMILES string of the molecule is CCCN1CCC[C@H]1c1cnc(NC)cc1C. The molecular weight excluding hydrogens is 210 g/mol. The Hall–Kier alpha value is -1.09. The average Bonchev–Trinajstić information content (AvgIpc) is 2.77. The fraction of sp³-hybridized carbons (Fsp3) is 0.643. The highest BCUT2D eigenvalue weighted by Gasteiger charge is 2.26. The van der Waals surface area contributed by atoms with E-state index in [9.17, 15) is 0 Å². The fourth-order valence-electron chi connectivity index (χ4n) is 2.79. The van der Waals surface area contributed by atoms with Gasteiger partial charge in [0, 0.05) is 19.3 Å². The second kappa shape index (κ2) is 5.50. The molecule has 1 aliphatic heterocycles. The average molecular weight is 233 g/mol. The number of aromatic nitrogens is 1. The van der Waals surface area contributed by atoms with Crippen molar-refractivity contribution >= 4 is 5.82 Å². The number of nitrogens with zero attached hydrogens (tertiary/aromatic N) is 2. The zero-order chi connectivity index (χ0) is 12.3. The van der Waals surface area contributed by atoms with Crippen molar-refractivity contribution in [2.75, 3.05) is 25.5 Å². The molecule has 1 saturated heterocycles. The highest BCUT2D eigenvalue weighted by atomic mass is 15.2. The van der Waals surface area contributed by atoms with Crippen LogP contribution in [0.4, 0.5) is 5.82 Å². The maximum absolute atomic E-state index is 4.46. The first-order valence-electron chi connectivity index (χ1n) is 6.64. The standard InChI is InChI=1S/C14H23N3/c1-4-7-17-8-5-6-13(17)12-10-16-14(15-3)9-11(12)2/h9-10,13H,4-8H2,1-3H3,(H,15,16)/t13-/m0/s1. The minimum absolute atomic E-state index is 0.591. The summed E-state index contributed by atoms with van der Waals surface area (Å²) in [6.45, 7) is 6.90. The van der Waals surface area contributed by atoms with Gasteiger partial charge in [-0.15, -0.1) is 0 Å². The predicted molar refractivity (Wildman–Crippen MR) is 72.4 cm³/mol. The molecule has 1 atom stereocenters. The van der Waals surface area contributed by atoms with Crippen LogP contribution in [0.1, 0.15) is 43.4 Å². The first-order chi connectivity index (χ1) is 8.26. The quantitative estimate of drug-likeness (QED) is 0.866.